The lowest BCUT2D eigenvalue weighted by molar-refractivity contribution is -0.192. The predicted molar refractivity (Wildman–Crippen MR) is 96.5 cm³/mol. The number of carbonyl (C=O) groups is 2. The lowest BCUT2D eigenvalue weighted by atomic mass is 9.88. The van der Waals surface area contributed by atoms with Crippen LogP contribution >= 0.6 is 0 Å². The molecule has 0 spiro atoms. The van der Waals surface area contributed by atoms with E-state index in [0.29, 0.717) is 18.2 Å². The van der Waals surface area contributed by atoms with Crippen LogP contribution < -0.4 is 10.6 Å². The number of hydrogen-bond donors (Lipinski definition) is 3. The van der Waals surface area contributed by atoms with Gasteiger partial charge in [-0.1, -0.05) is 12.1 Å². The van der Waals surface area contributed by atoms with Crippen LogP contribution in [0.1, 0.15) is 46.4 Å². The van der Waals surface area contributed by atoms with Gasteiger partial charge >= 0.3 is 12.1 Å². The van der Waals surface area contributed by atoms with Crippen LogP contribution in [0.15, 0.2) is 10.7 Å². The number of carbonyl (C=O) groups excluding carboxylic acids is 1. The molecule has 4 rings (SSSR count). The number of halogens is 3. The van der Waals surface area contributed by atoms with Crippen molar-refractivity contribution in [3.05, 3.63) is 34.5 Å². The van der Waals surface area contributed by atoms with Crippen LogP contribution in [-0.4, -0.2) is 44.6 Å². The molecule has 1 aliphatic heterocycles. The van der Waals surface area contributed by atoms with Crippen molar-refractivity contribution >= 4 is 11.9 Å². The van der Waals surface area contributed by atoms with Gasteiger partial charge in [0.15, 0.2) is 5.69 Å². The Kier molecular flexibility index (Phi) is 6.44. The molecule has 0 radical (unpaired) electrons. The van der Waals surface area contributed by atoms with E-state index < -0.39 is 12.1 Å². The van der Waals surface area contributed by atoms with Crippen molar-refractivity contribution in [1.29, 1.82) is 0 Å². The van der Waals surface area contributed by atoms with Gasteiger partial charge in [0.1, 0.15) is 5.76 Å². The van der Waals surface area contributed by atoms with Gasteiger partial charge in [0.2, 0.25) is 0 Å². The molecule has 1 atom stereocenters. The summed E-state index contributed by atoms with van der Waals surface area (Å²) >= 11 is 0. The molecule has 0 aromatic carbocycles. The second kappa shape index (κ2) is 8.86. The van der Waals surface area contributed by atoms with Gasteiger partial charge in [-0.05, 0) is 18.8 Å². The standard InChI is InChI=1S/C16H21N5O2.C2HF3O2/c1-10-2-3-14-12(6-10)15(20-23-14)16(22)18-7-11-8-19-21-5-4-17-9-13(11)21;3-2(4,5)1(6)7/h8,10,17H,2-7,9H2,1H3,(H,18,22);(H,6,7). The topological polar surface area (TPSA) is 122 Å². The maximum absolute atomic E-state index is 12.5. The fourth-order valence-electron chi connectivity index (χ4n) is 3.40. The van der Waals surface area contributed by atoms with Crippen molar-refractivity contribution in [2.75, 3.05) is 6.54 Å². The first-order chi connectivity index (χ1) is 14.2. The number of aromatic nitrogens is 3. The molecule has 2 aromatic rings. The third-order valence-electron chi connectivity index (χ3n) is 5.01. The molecule has 1 amide bonds. The van der Waals surface area contributed by atoms with E-state index in [9.17, 15) is 18.0 Å². The van der Waals surface area contributed by atoms with Crippen LogP contribution in [0.3, 0.4) is 0 Å². The number of nitrogens with one attached hydrogen (secondary N) is 2. The van der Waals surface area contributed by atoms with Gasteiger partial charge in [-0.2, -0.15) is 18.3 Å². The quantitative estimate of drug-likeness (QED) is 0.678. The highest BCUT2D eigenvalue weighted by atomic mass is 19.4. The van der Waals surface area contributed by atoms with Crippen LogP contribution in [0.4, 0.5) is 13.2 Å². The van der Waals surface area contributed by atoms with Crippen LogP contribution in [0.2, 0.25) is 0 Å². The molecule has 164 valence electrons. The molecule has 9 nitrogen and oxygen atoms in total. The summed E-state index contributed by atoms with van der Waals surface area (Å²) in [4.78, 5) is 21.4. The molecule has 0 saturated heterocycles. The second-order valence-electron chi connectivity index (χ2n) is 7.28. The molecular weight excluding hydrogens is 407 g/mol. The zero-order valence-corrected chi connectivity index (χ0v) is 16.3. The van der Waals surface area contributed by atoms with Crippen LogP contribution in [0, 0.1) is 5.92 Å². The molecule has 2 aromatic heterocycles. The third-order valence-corrected chi connectivity index (χ3v) is 5.01. The SMILES string of the molecule is CC1CCc2onc(C(=O)NCc3cnn4c3CNCC4)c2C1.O=C(O)C(F)(F)F. The Labute approximate surface area is 169 Å². The Morgan fingerprint density at radius 3 is 2.87 bits per heavy atom. The number of rotatable bonds is 3. The monoisotopic (exact) mass is 429 g/mol. The number of alkyl halides is 3. The second-order valence-corrected chi connectivity index (χ2v) is 7.28. The minimum Gasteiger partial charge on any atom is -0.475 e. The molecule has 1 aliphatic carbocycles. The number of aryl methyl sites for hydroxylation is 1. The Balaban J connectivity index is 0.000000318. The summed E-state index contributed by atoms with van der Waals surface area (Å²) in [7, 11) is 0. The first-order valence-electron chi connectivity index (χ1n) is 9.46. The van der Waals surface area contributed by atoms with Gasteiger partial charge in [0.25, 0.3) is 5.91 Å². The molecule has 12 heteroatoms. The summed E-state index contributed by atoms with van der Waals surface area (Å²) < 4.78 is 39.1. The van der Waals surface area contributed by atoms with Crippen molar-refractivity contribution < 1.29 is 32.4 Å². The molecule has 2 aliphatic rings. The molecule has 0 fully saturated rings. The predicted octanol–water partition coefficient (Wildman–Crippen LogP) is 1.66. The van der Waals surface area contributed by atoms with Crippen molar-refractivity contribution in [3.8, 4) is 0 Å². The first kappa shape index (κ1) is 21.8. The van der Waals surface area contributed by atoms with E-state index in [-0.39, 0.29) is 5.91 Å². The van der Waals surface area contributed by atoms with Gasteiger partial charge in [-0.15, -0.1) is 0 Å². The Bertz CT molecular complexity index is 922. The highest BCUT2D eigenvalue weighted by molar-refractivity contribution is 5.93. The molecule has 0 bridgehead atoms. The number of carboxylic acid groups (broad SMARTS) is 1. The third kappa shape index (κ3) is 4.99. The van der Waals surface area contributed by atoms with Crippen molar-refractivity contribution in [1.82, 2.24) is 25.6 Å². The zero-order chi connectivity index (χ0) is 21.9. The Morgan fingerprint density at radius 1 is 1.43 bits per heavy atom. The summed E-state index contributed by atoms with van der Waals surface area (Å²) in [6, 6.07) is 0. The summed E-state index contributed by atoms with van der Waals surface area (Å²) in [6.45, 7) is 5.26. The normalized spacial score (nSPS) is 17.9. The Morgan fingerprint density at radius 2 is 2.17 bits per heavy atom. The highest BCUT2D eigenvalue weighted by Gasteiger charge is 2.38. The lowest BCUT2D eigenvalue weighted by Gasteiger charge is -2.17. The summed E-state index contributed by atoms with van der Waals surface area (Å²) in [5, 5.41) is 21.8. The number of amides is 1. The van der Waals surface area contributed by atoms with E-state index in [0.717, 1.165) is 61.5 Å². The minimum atomic E-state index is -5.08. The van der Waals surface area contributed by atoms with E-state index in [1.165, 1.54) is 0 Å². The largest absolute Gasteiger partial charge is 0.490 e. The smallest absolute Gasteiger partial charge is 0.475 e. The fourth-order valence-corrected chi connectivity index (χ4v) is 3.40. The maximum atomic E-state index is 12.5. The summed E-state index contributed by atoms with van der Waals surface area (Å²) in [6.07, 6.45) is -0.407. The van der Waals surface area contributed by atoms with Crippen molar-refractivity contribution in [3.63, 3.8) is 0 Å². The van der Waals surface area contributed by atoms with Crippen LogP contribution in [0.25, 0.3) is 0 Å². The zero-order valence-electron chi connectivity index (χ0n) is 16.3. The van der Waals surface area contributed by atoms with Gasteiger partial charge in [0, 0.05) is 37.2 Å². The van der Waals surface area contributed by atoms with Crippen LogP contribution in [0.5, 0.6) is 0 Å². The molecule has 1 unspecified atom stereocenters. The van der Waals surface area contributed by atoms with Crippen molar-refractivity contribution in [2.24, 2.45) is 5.92 Å². The van der Waals surface area contributed by atoms with E-state index in [1.54, 1.807) is 0 Å². The number of fused-ring (bicyclic) bond motifs is 2. The average molecular weight is 429 g/mol. The molecular formula is C18H22F3N5O4. The number of hydrogen-bond acceptors (Lipinski definition) is 6. The van der Waals surface area contributed by atoms with E-state index >= 15 is 0 Å². The van der Waals surface area contributed by atoms with Gasteiger partial charge in [-0.3, -0.25) is 9.48 Å². The Hall–Kier alpha value is -2.89. The van der Waals surface area contributed by atoms with E-state index in [1.807, 2.05) is 10.9 Å². The van der Waals surface area contributed by atoms with Gasteiger partial charge < -0.3 is 20.3 Å². The van der Waals surface area contributed by atoms with Crippen molar-refractivity contribution in [2.45, 2.75) is 52.0 Å². The maximum Gasteiger partial charge on any atom is 0.490 e. The first-order valence-corrected chi connectivity index (χ1v) is 9.46. The fraction of sp³-hybridized carbons (Fsp3) is 0.556. The van der Waals surface area contributed by atoms with E-state index in [2.05, 4.69) is 27.8 Å². The number of carboxylic acids is 1. The number of aliphatic carboxylic acids is 1. The highest BCUT2D eigenvalue weighted by Crippen LogP contribution is 2.27. The summed E-state index contributed by atoms with van der Waals surface area (Å²) in [5.41, 5.74) is 3.63. The van der Waals surface area contributed by atoms with Gasteiger partial charge in [-0.25, -0.2) is 4.79 Å². The molecule has 3 heterocycles. The van der Waals surface area contributed by atoms with Crippen LogP contribution in [-0.2, 0) is 37.3 Å². The number of nitrogens with zero attached hydrogens (tertiary/aromatic N) is 3. The van der Waals surface area contributed by atoms with E-state index in [4.69, 9.17) is 14.4 Å². The lowest BCUT2D eigenvalue weighted by Crippen LogP contribution is -2.30. The average Bonchev–Trinajstić information content (AvgIpc) is 3.29. The summed E-state index contributed by atoms with van der Waals surface area (Å²) in [5.74, 6) is -1.47. The molecule has 0 saturated carbocycles. The molecule has 30 heavy (non-hydrogen) atoms. The van der Waals surface area contributed by atoms with Gasteiger partial charge in [0.05, 0.1) is 18.4 Å². The molecule has 3 N–H and O–H groups in total. The minimum absolute atomic E-state index is 0.159.